The average Bonchev–Trinajstić information content (AvgIpc) is 3.72. The Morgan fingerprint density at radius 2 is 1.77 bits per heavy atom. The number of likely N-dealkylation sites (tertiary alicyclic amines) is 1. The molecule has 3 aliphatic heterocycles. The summed E-state index contributed by atoms with van der Waals surface area (Å²) in [6, 6.07) is 14.6. The molecular weight excluding hydrogens is 604 g/mol. The number of amides is 3. The van der Waals surface area contributed by atoms with Crippen LogP contribution in [-0.4, -0.2) is 68.5 Å². The third-order valence-corrected chi connectivity index (χ3v) is 11.4. The van der Waals surface area contributed by atoms with Gasteiger partial charge in [-0.25, -0.2) is 4.39 Å². The van der Waals surface area contributed by atoms with Crippen LogP contribution in [-0.2, 0) is 14.2 Å². The fourth-order valence-corrected chi connectivity index (χ4v) is 8.64. The first-order valence-corrected chi connectivity index (χ1v) is 17.7. The highest BCUT2D eigenvalue weighted by atomic mass is 32.1. The topological polar surface area (TPSA) is 127 Å². The number of rotatable bonds is 6. The van der Waals surface area contributed by atoms with E-state index in [1.54, 1.807) is 11.0 Å². The average molecular weight is 642 g/mol. The quantitative estimate of drug-likeness (QED) is 0.312. The van der Waals surface area contributed by atoms with Gasteiger partial charge in [0.15, 0.2) is 0 Å². The third kappa shape index (κ3) is 6.07. The van der Waals surface area contributed by atoms with Crippen LogP contribution in [0.3, 0.4) is 0 Å². The van der Waals surface area contributed by atoms with Gasteiger partial charge in [-0.1, -0.05) is 56.2 Å². The van der Waals surface area contributed by atoms with Crippen LogP contribution >= 0.6 is 18.9 Å². The minimum Gasteiger partial charge on any atom is -0.340 e. The highest BCUT2D eigenvalue weighted by Crippen LogP contribution is 2.53. The number of hydrogen-bond acceptors (Lipinski definition) is 5. The Kier molecular flexibility index (Phi) is 8.67. The molecule has 0 saturated carbocycles. The minimum absolute atomic E-state index is 0.0152. The number of benzene rings is 2. The van der Waals surface area contributed by atoms with Crippen LogP contribution in [0.2, 0.25) is 0 Å². The number of nitrogens with zero attached hydrogens (tertiary/aromatic N) is 2. The molecule has 2 unspecified atom stereocenters. The fraction of sp³-hybridized carbons (Fsp3) is 0.469. The number of hydrogen-bond donors (Lipinski definition) is 3. The van der Waals surface area contributed by atoms with Gasteiger partial charge in [0.1, 0.15) is 12.1 Å². The van der Waals surface area contributed by atoms with Crippen molar-refractivity contribution in [3.8, 4) is 0 Å². The van der Waals surface area contributed by atoms with Gasteiger partial charge >= 0.3 is 7.60 Å². The lowest BCUT2D eigenvalue weighted by molar-refractivity contribution is -0.146. The fourth-order valence-electron chi connectivity index (χ4n) is 7.15. The Morgan fingerprint density at radius 1 is 1.02 bits per heavy atom. The zero-order chi connectivity index (χ0) is 31.2. The van der Waals surface area contributed by atoms with E-state index in [9.17, 15) is 33.1 Å². The number of halogens is 1. The van der Waals surface area contributed by atoms with Crippen LogP contribution in [0.4, 0.5) is 4.39 Å². The number of alkyl halides is 1. The molecule has 0 radical (unpaired) electrons. The summed E-state index contributed by atoms with van der Waals surface area (Å²) in [6.07, 6.45) is 4.34. The summed E-state index contributed by atoms with van der Waals surface area (Å²) in [5, 5.41) is 3.39. The predicted octanol–water partition coefficient (Wildman–Crippen LogP) is 5.34. The van der Waals surface area contributed by atoms with Crippen molar-refractivity contribution in [1.29, 1.82) is 0 Å². The normalized spacial score (nSPS) is 26.7. The maximum absolute atomic E-state index is 14.3. The van der Waals surface area contributed by atoms with Crippen LogP contribution < -0.4 is 5.32 Å². The van der Waals surface area contributed by atoms with Gasteiger partial charge in [-0.3, -0.25) is 18.9 Å². The Balaban J connectivity index is 1.17. The van der Waals surface area contributed by atoms with Crippen molar-refractivity contribution in [3.05, 3.63) is 70.6 Å². The summed E-state index contributed by atoms with van der Waals surface area (Å²) in [5.74, 6) is -2.59. The number of carbonyl (C=O) groups excluding carboxylic acids is 3. The van der Waals surface area contributed by atoms with Crippen molar-refractivity contribution < 1.29 is 33.1 Å². The second-order valence-electron chi connectivity index (χ2n) is 12.4. The predicted molar refractivity (Wildman–Crippen MR) is 166 cm³/mol. The van der Waals surface area contributed by atoms with Crippen molar-refractivity contribution in [2.45, 2.75) is 75.4 Å². The molecule has 234 valence electrons. The van der Waals surface area contributed by atoms with Gasteiger partial charge < -0.3 is 24.9 Å². The molecule has 9 nitrogen and oxygen atoms in total. The third-order valence-electron chi connectivity index (χ3n) is 9.41. The Morgan fingerprint density at radius 3 is 2.52 bits per heavy atom. The molecule has 0 aliphatic carbocycles. The number of nitrogens with one attached hydrogen (secondary N) is 1. The molecular formula is C32H37FN3O6PS. The Labute approximate surface area is 259 Å². The van der Waals surface area contributed by atoms with E-state index in [1.807, 2.05) is 23.1 Å². The lowest BCUT2D eigenvalue weighted by Gasteiger charge is -2.36. The number of carbonyl (C=O) groups is 3. The van der Waals surface area contributed by atoms with Gasteiger partial charge in [-0.2, -0.15) is 0 Å². The molecule has 0 spiro atoms. The molecule has 6 rings (SSSR count). The zero-order valence-electron chi connectivity index (χ0n) is 24.5. The zero-order valence-corrected chi connectivity index (χ0v) is 26.2. The molecule has 2 aromatic carbocycles. The van der Waals surface area contributed by atoms with Gasteiger partial charge in [-0.15, -0.1) is 11.3 Å². The SMILES string of the molecule is C[C@H]1CN(C(=O)[C@@H]2CC[C@@H]3CCCCC(NC(=O)c4cc5cc(C(F)P(=O)(O)O)ccc5s4)C(=O)N32)C[C@@H]1c1ccccc1. The van der Waals surface area contributed by atoms with Crippen molar-refractivity contribution in [3.63, 3.8) is 0 Å². The highest BCUT2D eigenvalue weighted by molar-refractivity contribution is 7.51. The highest BCUT2D eigenvalue weighted by Gasteiger charge is 2.46. The first kappa shape index (κ1) is 30.9. The molecule has 3 saturated heterocycles. The number of fused-ring (bicyclic) bond motifs is 2. The van der Waals surface area contributed by atoms with Crippen LogP contribution in [0.15, 0.2) is 54.6 Å². The van der Waals surface area contributed by atoms with Gasteiger partial charge in [0.25, 0.3) is 5.91 Å². The molecule has 44 heavy (non-hydrogen) atoms. The summed E-state index contributed by atoms with van der Waals surface area (Å²) < 4.78 is 26.3. The van der Waals surface area contributed by atoms with E-state index in [0.717, 1.165) is 37.0 Å². The largest absolute Gasteiger partial charge is 0.363 e. The van der Waals surface area contributed by atoms with Crippen molar-refractivity contribution >= 4 is 46.7 Å². The molecule has 3 N–H and O–H groups in total. The summed E-state index contributed by atoms with van der Waals surface area (Å²) >= 11 is 1.16. The molecule has 3 aromatic rings. The van der Waals surface area contributed by atoms with Crippen LogP contribution in [0, 0.1) is 5.92 Å². The van der Waals surface area contributed by atoms with E-state index in [1.165, 1.54) is 23.8 Å². The van der Waals surface area contributed by atoms with Crippen molar-refractivity contribution in [2.75, 3.05) is 13.1 Å². The summed E-state index contributed by atoms with van der Waals surface area (Å²) in [7, 11) is -4.97. The molecule has 3 aliphatic rings. The van der Waals surface area contributed by atoms with Crippen LogP contribution in [0.5, 0.6) is 0 Å². The molecule has 1 aromatic heterocycles. The molecule has 3 fully saturated rings. The van der Waals surface area contributed by atoms with E-state index >= 15 is 0 Å². The van der Waals surface area contributed by atoms with Gasteiger partial charge in [-0.05, 0) is 66.3 Å². The molecule has 3 amide bonds. The van der Waals surface area contributed by atoms with E-state index in [0.29, 0.717) is 46.8 Å². The summed E-state index contributed by atoms with van der Waals surface area (Å²) in [6.45, 7) is 3.43. The van der Waals surface area contributed by atoms with Gasteiger partial charge in [0.2, 0.25) is 17.7 Å². The lowest BCUT2D eigenvalue weighted by atomic mass is 9.90. The molecule has 4 heterocycles. The monoisotopic (exact) mass is 641 g/mol. The maximum atomic E-state index is 14.3. The molecule has 12 heteroatoms. The van der Waals surface area contributed by atoms with E-state index in [-0.39, 0.29) is 29.3 Å². The van der Waals surface area contributed by atoms with E-state index < -0.39 is 31.5 Å². The van der Waals surface area contributed by atoms with Crippen LogP contribution in [0.1, 0.15) is 78.1 Å². The standard InChI is InChI=1S/C32H37FN3O6PS/c1-19-17-35(18-24(19)20-7-3-2-4-8-20)32(39)26-13-12-23-9-5-6-10-25(31(38)36(23)26)34-30(37)28-16-22-15-21(11-14-27(22)44-28)29(33)43(40,41)42/h2-4,7-8,11,14-16,19,23-26,29H,5-6,9-10,12-13,17-18H2,1H3,(H,34,37)(H2,40,41,42)/t19-,23-,24-,25?,26-,29?/m0/s1. The second-order valence-corrected chi connectivity index (χ2v) is 15.1. The Bertz CT molecular complexity index is 1610. The van der Waals surface area contributed by atoms with Crippen LogP contribution in [0.25, 0.3) is 10.1 Å². The first-order valence-electron chi connectivity index (χ1n) is 15.2. The number of thiophene rings is 1. The molecule has 6 atom stereocenters. The van der Waals surface area contributed by atoms with E-state index in [2.05, 4.69) is 24.4 Å². The summed E-state index contributed by atoms with van der Waals surface area (Å²) in [5.41, 5.74) is 1.05. The van der Waals surface area contributed by atoms with Crippen molar-refractivity contribution in [1.82, 2.24) is 15.1 Å². The van der Waals surface area contributed by atoms with E-state index in [4.69, 9.17) is 0 Å². The molecule has 0 bridgehead atoms. The summed E-state index contributed by atoms with van der Waals surface area (Å²) in [4.78, 5) is 63.8. The first-order chi connectivity index (χ1) is 21.0. The lowest BCUT2D eigenvalue weighted by Crippen LogP contribution is -2.56. The smallest absolute Gasteiger partial charge is 0.340 e. The van der Waals surface area contributed by atoms with Crippen molar-refractivity contribution in [2.24, 2.45) is 5.92 Å². The second kappa shape index (κ2) is 12.4. The minimum atomic E-state index is -4.97. The van der Waals surface area contributed by atoms with Gasteiger partial charge in [0, 0.05) is 29.7 Å². The maximum Gasteiger partial charge on any atom is 0.363 e. The Hall–Kier alpha value is -3.11. The van der Waals surface area contributed by atoms with Gasteiger partial charge in [0.05, 0.1) is 4.88 Å².